The van der Waals surface area contributed by atoms with Gasteiger partial charge >= 0.3 is 5.97 Å². The van der Waals surface area contributed by atoms with E-state index in [0.717, 1.165) is 13.0 Å². The molecule has 2 heterocycles. The number of carbonyl (C=O) groups excluding carboxylic acids is 1. The van der Waals surface area contributed by atoms with E-state index < -0.39 is 5.97 Å². The molecule has 0 bridgehead atoms. The maximum absolute atomic E-state index is 11.7. The second-order valence-electron chi connectivity index (χ2n) is 4.70. The van der Waals surface area contributed by atoms with Gasteiger partial charge in [-0.1, -0.05) is 0 Å². The maximum Gasteiger partial charge on any atom is 0.339 e. The van der Waals surface area contributed by atoms with Gasteiger partial charge in [0.05, 0.1) is 6.54 Å². The lowest BCUT2D eigenvalue weighted by Crippen LogP contribution is -2.25. The molecule has 2 N–H and O–H groups in total. The minimum Gasteiger partial charge on any atom is -0.478 e. The van der Waals surface area contributed by atoms with Crippen molar-refractivity contribution in [3.63, 3.8) is 0 Å². The summed E-state index contributed by atoms with van der Waals surface area (Å²) in [5.74, 6) is -0.0110. The SMILES string of the molecule is Cc1oc(CNC(=O)C[C@H]2CCOC2)cc1C(=O)O. The van der Waals surface area contributed by atoms with Gasteiger partial charge in [0.15, 0.2) is 0 Å². The lowest BCUT2D eigenvalue weighted by molar-refractivity contribution is -0.122. The Morgan fingerprint density at radius 1 is 1.53 bits per heavy atom. The van der Waals surface area contributed by atoms with Gasteiger partial charge in [-0.2, -0.15) is 0 Å². The van der Waals surface area contributed by atoms with Gasteiger partial charge in [0, 0.05) is 19.6 Å². The van der Waals surface area contributed by atoms with Gasteiger partial charge in [-0.3, -0.25) is 4.79 Å². The molecule has 1 aromatic rings. The molecule has 0 aromatic carbocycles. The van der Waals surface area contributed by atoms with Crippen LogP contribution in [0.4, 0.5) is 0 Å². The van der Waals surface area contributed by atoms with Crippen LogP contribution in [-0.4, -0.2) is 30.2 Å². The summed E-state index contributed by atoms with van der Waals surface area (Å²) in [5, 5.41) is 11.6. The second kappa shape index (κ2) is 5.88. The fourth-order valence-electron chi connectivity index (χ4n) is 2.11. The monoisotopic (exact) mass is 267 g/mol. The molecule has 1 fully saturated rings. The highest BCUT2D eigenvalue weighted by molar-refractivity contribution is 5.88. The molecule has 19 heavy (non-hydrogen) atoms. The Bertz CT molecular complexity index is 473. The van der Waals surface area contributed by atoms with Crippen LogP contribution in [0.1, 0.15) is 34.7 Å². The largest absolute Gasteiger partial charge is 0.478 e. The molecule has 1 atom stereocenters. The molecule has 0 saturated carbocycles. The smallest absolute Gasteiger partial charge is 0.339 e. The number of hydrogen-bond acceptors (Lipinski definition) is 4. The van der Waals surface area contributed by atoms with Crippen LogP contribution in [0.15, 0.2) is 10.5 Å². The first-order valence-corrected chi connectivity index (χ1v) is 6.23. The number of nitrogens with one attached hydrogen (secondary N) is 1. The Labute approximate surface area is 110 Å². The van der Waals surface area contributed by atoms with Crippen LogP contribution in [0, 0.1) is 12.8 Å². The number of amides is 1. The van der Waals surface area contributed by atoms with E-state index >= 15 is 0 Å². The lowest BCUT2D eigenvalue weighted by Gasteiger charge is -2.07. The first-order valence-electron chi connectivity index (χ1n) is 6.23. The lowest BCUT2D eigenvalue weighted by atomic mass is 10.1. The molecule has 1 saturated heterocycles. The van der Waals surface area contributed by atoms with Gasteiger partial charge in [0.1, 0.15) is 17.1 Å². The highest BCUT2D eigenvalue weighted by Crippen LogP contribution is 2.17. The Morgan fingerprint density at radius 2 is 2.32 bits per heavy atom. The van der Waals surface area contributed by atoms with E-state index in [1.807, 2.05) is 0 Å². The third kappa shape index (κ3) is 3.57. The molecule has 0 aliphatic carbocycles. The van der Waals surface area contributed by atoms with Crippen LogP contribution in [0.25, 0.3) is 0 Å². The molecule has 1 amide bonds. The Kier molecular flexibility index (Phi) is 4.21. The van der Waals surface area contributed by atoms with Crippen LogP contribution in [0.2, 0.25) is 0 Å². The number of aromatic carboxylic acids is 1. The maximum atomic E-state index is 11.7. The third-order valence-electron chi connectivity index (χ3n) is 3.16. The van der Waals surface area contributed by atoms with Crippen molar-refractivity contribution in [2.75, 3.05) is 13.2 Å². The van der Waals surface area contributed by atoms with Crippen LogP contribution < -0.4 is 5.32 Å². The van der Waals surface area contributed by atoms with E-state index in [2.05, 4.69) is 5.32 Å². The van der Waals surface area contributed by atoms with Crippen molar-refractivity contribution in [3.05, 3.63) is 23.2 Å². The van der Waals surface area contributed by atoms with Crippen molar-refractivity contribution in [2.45, 2.75) is 26.3 Å². The van der Waals surface area contributed by atoms with Crippen LogP contribution in [0.3, 0.4) is 0 Å². The zero-order chi connectivity index (χ0) is 13.8. The Morgan fingerprint density at radius 3 is 2.89 bits per heavy atom. The van der Waals surface area contributed by atoms with E-state index in [0.29, 0.717) is 24.5 Å². The number of furan rings is 1. The van der Waals surface area contributed by atoms with Gasteiger partial charge in [0.25, 0.3) is 0 Å². The fraction of sp³-hybridized carbons (Fsp3) is 0.538. The molecule has 104 valence electrons. The number of ether oxygens (including phenoxy) is 1. The van der Waals surface area contributed by atoms with Gasteiger partial charge < -0.3 is 19.6 Å². The molecule has 0 spiro atoms. The predicted molar refractivity (Wildman–Crippen MR) is 65.8 cm³/mol. The zero-order valence-corrected chi connectivity index (χ0v) is 10.8. The van der Waals surface area contributed by atoms with Crippen LogP contribution in [-0.2, 0) is 16.1 Å². The summed E-state index contributed by atoms with van der Waals surface area (Å²) in [6.45, 7) is 3.15. The summed E-state index contributed by atoms with van der Waals surface area (Å²) in [4.78, 5) is 22.5. The number of carbonyl (C=O) groups is 2. The standard InChI is InChI=1S/C13H17NO5/c1-8-11(13(16)17)5-10(19-8)6-14-12(15)4-9-2-3-18-7-9/h5,9H,2-4,6-7H2,1H3,(H,14,15)(H,16,17)/t9-/m1/s1. The number of carboxylic acids is 1. The van der Waals surface area contributed by atoms with Crippen molar-refractivity contribution in [1.29, 1.82) is 0 Å². The van der Waals surface area contributed by atoms with E-state index in [1.165, 1.54) is 6.07 Å². The number of aryl methyl sites for hydroxylation is 1. The average molecular weight is 267 g/mol. The summed E-state index contributed by atoms with van der Waals surface area (Å²) >= 11 is 0. The summed E-state index contributed by atoms with van der Waals surface area (Å²) in [7, 11) is 0. The summed E-state index contributed by atoms with van der Waals surface area (Å²) in [6, 6.07) is 1.44. The van der Waals surface area contributed by atoms with Gasteiger partial charge in [-0.25, -0.2) is 4.79 Å². The molecule has 1 aliphatic heterocycles. The summed E-state index contributed by atoms with van der Waals surface area (Å²) in [6.07, 6.45) is 1.35. The number of rotatable bonds is 5. The van der Waals surface area contributed by atoms with Crippen LogP contribution >= 0.6 is 0 Å². The molecule has 2 rings (SSSR count). The van der Waals surface area contributed by atoms with Crippen molar-refractivity contribution < 1.29 is 23.8 Å². The average Bonchev–Trinajstić information content (AvgIpc) is 2.96. The van der Waals surface area contributed by atoms with E-state index in [4.69, 9.17) is 14.3 Å². The summed E-state index contributed by atoms with van der Waals surface area (Å²) in [5.41, 5.74) is 0.133. The highest BCUT2D eigenvalue weighted by Gasteiger charge is 2.19. The quantitative estimate of drug-likeness (QED) is 0.840. The van der Waals surface area contributed by atoms with Crippen LogP contribution in [0.5, 0.6) is 0 Å². The highest BCUT2D eigenvalue weighted by atomic mass is 16.5. The van der Waals surface area contributed by atoms with Gasteiger partial charge in [-0.15, -0.1) is 0 Å². The third-order valence-corrected chi connectivity index (χ3v) is 3.16. The minimum absolute atomic E-state index is 0.0681. The topological polar surface area (TPSA) is 88.8 Å². The molecule has 6 heteroatoms. The number of hydrogen-bond donors (Lipinski definition) is 2. The normalized spacial score (nSPS) is 18.5. The Hall–Kier alpha value is -1.82. The fourth-order valence-corrected chi connectivity index (χ4v) is 2.11. The summed E-state index contributed by atoms with van der Waals surface area (Å²) < 4.78 is 10.5. The predicted octanol–water partition coefficient (Wildman–Crippen LogP) is 1.33. The molecular formula is C13H17NO5. The first-order chi connectivity index (χ1) is 9.06. The van der Waals surface area contributed by atoms with E-state index in [9.17, 15) is 9.59 Å². The molecule has 1 aromatic heterocycles. The zero-order valence-electron chi connectivity index (χ0n) is 10.8. The first kappa shape index (κ1) is 13.6. The van der Waals surface area contributed by atoms with Crippen molar-refractivity contribution >= 4 is 11.9 Å². The van der Waals surface area contributed by atoms with E-state index in [1.54, 1.807) is 6.92 Å². The van der Waals surface area contributed by atoms with Crippen molar-refractivity contribution in [1.82, 2.24) is 5.32 Å². The molecule has 0 radical (unpaired) electrons. The van der Waals surface area contributed by atoms with Crippen molar-refractivity contribution in [3.8, 4) is 0 Å². The van der Waals surface area contributed by atoms with Gasteiger partial charge in [-0.05, 0) is 25.3 Å². The minimum atomic E-state index is -1.03. The van der Waals surface area contributed by atoms with Crippen molar-refractivity contribution in [2.24, 2.45) is 5.92 Å². The Balaban J connectivity index is 1.82. The second-order valence-corrected chi connectivity index (χ2v) is 4.70. The van der Waals surface area contributed by atoms with E-state index in [-0.39, 0.29) is 23.9 Å². The molecule has 6 nitrogen and oxygen atoms in total. The molecule has 0 unspecified atom stereocenters. The number of carboxylic acid groups (broad SMARTS) is 1. The molecular weight excluding hydrogens is 250 g/mol. The molecule has 1 aliphatic rings. The van der Waals surface area contributed by atoms with Gasteiger partial charge in [0.2, 0.25) is 5.91 Å².